The van der Waals surface area contributed by atoms with Gasteiger partial charge in [0.05, 0.1) is 17.3 Å². The fourth-order valence-corrected chi connectivity index (χ4v) is 3.34. The monoisotopic (exact) mass is 462 g/mol. The fraction of sp³-hybridized carbons (Fsp3) is 0.200. The molecule has 2 aromatic carbocycles. The van der Waals surface area contributed by atoms with Crippen molar-refractivity contribution in [1.29, 1.82) is 0 Å². The normalized spacial score (nSPS) is 11.2. The van der Waals surface area contributed by atoms with Crippen LogP contribution in [0.3, 0.4) is 0 Å². The fourth-order valence-electron chi connectivity index (χ4n) is 3.34. The molecule has 0 aliphatic rings. The molecular weight excluding hydrogens is 439 g/mol. The average molecular weight is 462 g/mol. The predicted molar refractivity (Wildman–Crippen MR) is 124 cm³/mol. The number of oxazole rings is 1. The van der Waals surface area contributed by atoms with Gasteiger partial charge in [0, 0.05) is 36.6 Å². The summed E-state index contributed by atoms with van der Waals surface area (Å²) in [6, 6.07) is 11.4. The molecule has 0 atom stereocenters. The van der Waals surface area contributed by atoms with E-state index in [0.29, 0.717) is 5.69 Å². The molecule has 0 aliphatic carbocycles. The third-order valence-corrected chi connectivity index (χ3v) is 5.17. The van der Waals surface area contributed by atoms with Crippen LogP contribution >= 0.6 is 0 Å². The average Bonchev–Trinajstić information content (AvgIpc) is 3.52. The maximum absolute atomic E-state index is 14.0. The molecule has 0 radical (unpaired) electrons. The first-order valence-corrected chi connectivity index (χ1v) is 10.8. The third kappa shape index (κ3) is 6.38. The van der Waals surface area contributed by atoms with Crippen LogP contribution in [0.2, 0.25) is 0 Å². The number of ether oxygens (including phenoxy) is 1. The first-order chi connectivity index (χ1) is 16.6. The van der Waals surface area contributed by atoms with Crippen LogP contribution in [0, 0.1) is 15.9 Å². The van der Waals surface area contributed by atoms with Crippen molar-refractivity contribution in [1.82, 2.24) is 14.5 Å². The molecule has 34 heavy (non-hydrogen) atoms. The van der Waals surface area contributed by atoms with E-state index in [1.54, 1.807) is 6.20 Å². The van der Waals surface area contributed by atoms with Gasteiger partial charge in [0.2, 0.25) is 5.89 Å². The summed E-state index contributed by atoms with van der Waals surface area (Å²) < 4.78 is 27.2. The van der Waals surface area contributed by atoms with Crippen LogP contribution in [0.5, 0.6) is 5.75 Å². The van der Waals surface area contributed by atoms with E-state index in [4.69, 9.17) is 9.15 Å². The minimum absolute atomic E-state index is 0.198. The smallest absolute Gasteiger partial charge is 0.272 e. The van der Waals surface area contributed by atoms with Gasteiger partial charge in [-0.1, -0.05) is 12.1 Å². The van der Waals surface area contributed by atoms with Crippen molar-refractivity contribution in [2.24, 2.45) is 0 Å². The minimum Gasteiger partial charge on any atom is -0.487 e. The first-order valence-electron chi connectivity index (χ1n) is 10.8. The molecule has 2 heterocycles. The zero-order valence-corrected chi connectivity index (χ0v) is 18.3. The van der Waals surface area contributed by atoms with Crippen LogP contribution in [-0.4, -0.2) is 19.5 Å². The van der Waals surface area contributed by atoms with Crippen molar-refractivity contribution in [2.45, 2.75) is 32.4 Å². The quantitative estimate of drug-likeness (QED) is 0.161. The number of aromatic nitrogens is 3. The van der Waals surface area contributed by atoms with Gasteiger partial charge in [0.1, 0.15) is 30.1 Å². The van der Waals surface area contributed by atoms with Gasteiger partial charge in [0.15, 0.2) is 0 Å². The molecular formula is C25H23FN4O4. The van der Waals surface area contributed by atoms with Crippen LogP contribution in [0.4, 0.5) is 10.1 Å². The molecule has 174 valence electrons. The Kier molecular flexibility index (Phi) is 7.44. The zero-order chi connectivity index (χ0) is 23.8. The van der Waals surface area contributed by atoms with Gasteiger partial charge in [-0.15, -0.1) is 0 Å². The molecule has 2 aromatic heterocycles. The molecule has 0 bridgehead atoms. The Hall–Kier alpha value is -4.27. The Bertz CT molecular complexity index is 1250. The number of hydrogen-bond donors (Lipinski definition) is 0. The standard InChI is InChI=1S/C25H23FN4O4/c26-24-15-22(30(31)32)8-6-20(24)7-11-25-28-21(17-34-25)16-33-23-9-4-19(5-10-23)3-1-2-13-29-14-12-27-18-29/h4-12,14-15,17-18H,1-3,13,16H2/b11-7+. The second-order valence-corrected chi connectivity index (χ2v) is 7.66. The number of rotatable bonds is 11. The van der Waals surface area contributed by atoms with E-state index < -0.39 is 10.7 Å². The Labute approximate surface area is 195 Å². The molecule has 0 N–H and O–H groups in total. The molecule has 0 amide bonds. The molecule has 0 spiro atoms. The molecule has 0 saturated heterocycles. The second kappa shape index (κ2) is 11.0. The highest BCUT2D eigenvalue weighted by Gasteiger charge is 2.09. The number of benzene rings is 2. The van der Waals surface area contributed by atoms with Gasteiger partial charge in [-0.25, -0.2) is 14.4 Å². The van der Waals surface area contributed by atoms with Crippen molar-refractivity contribution in [3.63, 3.8) is 0 Å². The van der Waals surface area contributed by atoms with Crippen molar-refractivity contribution < 1.29 is 18.5 Å². The van der Waals surface area contributed by atoms with Crippen molar-refractivity contribution in [3.05, 3.63) is 106 Å². The van der Waals surface area contributed by atoms with Gasteiger partial charge >= 0.3 is 0 Å². The molecule has 0 aliphatic heterocycles. The topological polar surface area (TPSA) is 96.2 Å². The number of nitro benzene ring substituents is 1. The van der Waals surface area contributed by atoms with Gasteiger partial charge in [-0.2, -0.15) is 0 Å². The van der Waals surface area contributed by atoms with Crippen LogP contribution in [0.25, 0.3) is 12.2 Å². The summed E-state index contributed by atoms with van der Waals surface area (Å²) in [6.07, 6.45) is 13.2. The molecule has 4 aromatic rings. The lowest BCUT2D eigenvalue weighted by Crippen LogP contribution is -1.97. The molecule has 8 nitrogen and oxygen atoms in total. The van der Waals surface area contributed by atoms with Gasteiger partial charge < -0.3 is 13.7 Å². The minimum atomic E-state index is -0.692. The molecule has 9 heteroatoms. The van der Waals surface area contributed by atoms with Gasteiger partial charge in [-0.05, 0) is 49.1 Å². The first kappa shape index (κ1) is 22.9. The van der Waals surface area contributed by atoms with E-state index in [1.807, 2.05) is 24.7 Å². The summed E-state index contributed by atoms with van der Waals surface area (Å²) in [5, 5.41) is 10.7. The van der Waals surface area contributed by atoms with E-state index in [-0.39, 0.29) is 23.7 Å². The van der Waals surface area contributed by atoms with E-state index in [2.05, 4.69) is 26.7 Å². The molecule has 0 unspecified atom stereocenters. The lowest BCUT2D eigenvalue weighted by atomic mass is 10.1. The van der Waals surface area contributed by atoms with E-state index >= 15 is 0 Å². The summed E-state index contributed by atoms with van der Waals surface area (Å²) in [6.45, 7) is 1.20. The summed E-state index contributed by atoms with van der Waals surface area (Å²) in [5.74, 6) is 0.319. The maximum Gasteiger partial charge on any atom is 0.272 e. The highest BCUT2D eigenvalue weighted by Crippen LogP contribution is 2.19. The summed E-state index contributed by atoms with van der Waals surface area (Å²) in [5.41, 5.74) is 1.74. The number of nitrogens with zero attached hydrogens (tertiary/aromatic N) is 4. The second-order valence-electron chi connectivity index (χ2n) is 7.66. The number of unbranched alkanes of at least 4 members (excludes halogenated alkanes) is 1. The molecule has 4 rings (SSSR count). The van der Waals surface area contributed by atoms with Crippen LogP contribution < -0.4 is 4.74 Å². The predicted octanol–water partition coefficient (Wildman–Crippen LogP) is 5.69. The van der Waals surface area contributed by atoms with E-state index in [0.717, 1.165) is 37.6 Å². The number of non-ortho nitro benzene ring substituents is 1. The van der Waals surface area contributed by atoms with Crippen molar-refractivity contribution in [3.8, 4) is 5.75 Å². The lowest BCUT2D eigenvalue weighted by Gasteiger charge is -2.06. The van der Waals surface area contributed by atoms with Gasteiger partial charge in [-0.3, -0.25) is 10.1 Å². The maximum atomic E-state index is 14.0. The Morgan fingerprint density at radius 2 is 2.00 bits per heavy atom. The largest absolute Gasteiger partial charge is 0.487 e. The third-order valence-electron chi connectivity index (χ3n) is 5.17. The highest BCUT2D eigenvalue weighted by molar-refractivity contribution is 5.67. The summed E-state index contributed by atoms with van der Waals surface area (Å²) in [7, 11) is 0. The number of halogens is 1. The van der Waals surface area contributed by atoms with Crippen LogP contribution in [0.1, 0.15) is 35.6 Å². The van der Waals surface area contributed by atoms with Crippen LogP contribution in [0.15, 0.2) is 71.9 Å². The lowest BCUT2D eigenvalue weighted by molar-refractivity contribution is -0.385. The SMILES string of the molecule is O=[N+]([O-])c1ccc(/C=C/c2nc(COc3ccc(CCCCn4ccnc4)cc3)co2)c(F)c1. The van der Waals surface area contributed by atoms with E-state index in [1.165, 1.54) is 36.1 Å². The van der Waals surface area contributed by atoms with Crippen molar-refractivity contribution in [2.75, 3.05) is 0 Å². The molecule has 0 saturated carbocycles. The van der Waals surface area contributed by atoms with E-state index in [9.17, 15) is 14.5 Å². The zero-order valence-electron chi connectivity index (χ0n) is 18.3. The molecule has 0 fully saturated rings. The van der Waals surface area contributed by atoms with Crippen molar-refractivity contribution >= 4 is 17.8 Å². The van der Waals surface area contributed by atoms with Gasteiger partial charge in [0.25, 0.3) is 5.69 Å². The highest BCUT2D eigenvalue weighted by atomic mass is 19.1. The number of aryl methyl sites for hydroxylation is 2. The number of imidazole rings is 1. The summed E-state index contributed by atoms with van der Waals surface area (Å²) in [4.78, 5) is 18.4. The number of nitro groups is 1. The van der Waals surface area contributed by atoms with Crippen LogP contribution in [-0.2, 0) is 19.6 Å². The number of hydrogen-bond acceptors (Lipinski definition) is 6. The summed E-state index contributed by atoms with van der Waals surface area (Å²) >= 11 is 0. The Morgan fingerprint density at radius 3 is 2.74 bits per heavy atom. The Balaban J connectivity index is 1.23. The Morgan fingerprint density at radius 1 is 1.15 bits per heavy atom.